The fourth-order valence-electron chi connectivity index (χ4n) is 3.13. The minimum Gasteiger partial charge on any atom is -0.480 e. The van der Waals surface area contributed by atoms with E-state index in [4.69, 9.17) is 5.73 Å². The molecule has 0 aromatic heterocycles. The van der Waals surface area contributed by atoms with E-state index < -0.39 is 54.0 Å². The molecule has 0 spiro atoms. The first-order valence-corrected chi connectivity index (χ1v) is 10.3. The lowest BCUT2D eigenvalue weighted by molar-refractivity contribution is -0.149. The summed E-state index contributed by atoms with van der Waals surface area (Å²) < 4.78 is 0. The summed E-state index contributed by atoms with van der Waals surface area (Å²) in [4.78, 5) is 50.3. The number of aliphatic hydroxyl groups excluding tert-OH is 1. The van der Waals surface area contributed by atoms with Gasteiger partial charge in [0.2, 0.25) is 17.7 Å². The van der Waals surface area contributed by atoms with E-state index in [9.17, 15) is 29.4 Å². The molecule has 1 aliphatic heterocycles. The molecule has 3 amide bonds. The number of rotatable bonds is 10. The smallest absolute Gasteiger partial charge is 0.326 e. The quantitative estimate of drug-likeness (QED) is 0.234. The summed E-state index contributed by atoms with van der Waals surface area (Å²) in [6.45, 7) is 5.43. The van der Waals surface area contributed by atoms with E-state index in [1.165, 1.54) is 11.8 Å². The van der Waals surface area contributed by atoms with Gasteiger partial charge in [-0.15, -0.1) is 0 Å². The summed E-state index contributed by atoms with van der Waals surface area (Å²) in [5, 5.41) is 23.8. The highest BCUT2D eigenvalue weighted by atomic mass is 32.1. The van der Waals surface area contributed by atoms with Gasteiger partial charge in [-0.25, -0.2) is 4.79 Å². The molecule has 1 heterocycles. The van der Waals surface area contributed by atoms with Crippen LogP contribution in [0.15, 0.2) is 0 Å². The second-order valence-electron chi connectivity index (χ2n) is 7.73. The van der Waals surface area contributed by atoms with Gasteiger partial charge in [-0.2, -0.15) is 12.6 Å². The van der Waals surface area contributed by atoms with Gasteiger partial charge in [0.05, 0.1) is 6.10 Å². The molecule has 166 valence electrons. The Morgan fingerprint density at radius 2 is 1.72 bits per heavy atom. The van der Waals surface area contributed by atoms with Crippen LogP contribution in [0.4, 0.5) is 0 Å². The Balaban J connectivity index is 2.90. The predicted molar refractivity (Wildman–Crippen MR) is 109 cm³/mol. The highest BCUT2D eigenvalue weighted by molar-refractivity contribution is 7.80. The Kier molecular flexibility index (Phi) is 9.87. The topological polar surface area (TPSA) is 162 Å². The fraction of sp³-hybridized carbons (Fsp3) is 0.778. The van der Waals surface area contributed by atoms with E-state index in [0.29, 0.717) is 25.8 Å². The van der Waals surface area contributed by atoms with Crippen molar-refractivity contribution in [2.45, 2.75) is 70.3 Å². The number of hydrogen-bond donors (Lipinski definition) is 6. The molecule has 29 heavy (non-hydrogen) atoms. The molecule has 5 unspecified atom stereocenters. The van der Waals surface area contributed by atoms with Crippen molar-refractivity contribution in [1.82, 2.24) is 15.5 Å². The van der Waals surface area contributed by atoms with Gasteiger partial charge in [0, 0.05) is 12.3 Å². The number of nitrogens with zero attached hydrogens (tertiary/aromatic N) is 1. The van der Waals surface area contributed by atoms with Crippen molar-refractivity contribution in [1.29, 1.82) is 0 Å². The van der Waals surface area contributed by atoms with E-state index in [2.05, 4.69) is 23.3 Å². The average Bonchev–Trinajstić information content (AvgIpc) is 3.13. The van der Waals surface area contributed by atoms with Crippen molar-refractivity contribution < 1.29 is 29.4 Å². The number of carboxylic acid groups (broad SMARTS) is 1. The van der Waals surface area contributed by atoms with Crippen LogP contribution in [0.2, 0.25) is 0 Å². The maximum Gasteiger partial charge on any atom is 0.326 e. The Morgan fingerprint density at radius 3 is 2.21 bits per heavy atom. The molecular weight excluding hydrogens is 400 g/mol. The van der Waals surface area contributed by atoms with Gasteiger partial charge < -0.3 is 31.5 Å². The van der Waals surface area contributed by atoms with Crippen molar-refractivity contribution >= 4 is 36.3 Å². The standard InChI is InChI=1S/C18H32N4O6S/c1-9(2)7-11(17(26)22-6-4-5-13(22)18(27)28)20-15(24)12(8-29)21-16(25)14(19)10(3)23/h9-14,23,29H,4-8,19H2,1-3H3,(H,20,24)(H,21,25)(H,27,28). The van der Waals surface area contributed by atoms with E-state index in [-0.39, 0.29) is 11.7 Å². The Bertz CT molecular complexity index is 615. The van der Waals surface area contributed by atoms with Gasteiger partial charge in [-0.3, -0.25) is 14.4 Å². The zero-order valence-corrected chi connectivity index (χ0v) is 17.9. The average molecular weight is 433 g/mol. The third-order valence-corrected chi connectivity index (χ3v) is 5.15. The summed E-state index contributed by atoms with van der Waals surface area (Å²) in [5.41, 5.74) is 5.57. The molecule has 1 fully saturated rings. The molecule has 10 nitrogen and oxygen atoms in total. The molecular formula is C18H32N4O6S. The number of nitrogens with one attached hydrogen (secondary N) is 2. The van der Waals surface area contributed by atoms with Gasteiger partial charge in [0.25, 0.3) is 0 Å². The van der Waals surface area contributed by atoms with Gasteiger partial charge >= 0.3 is 5.97 Å². The summed E-state index contributed by atoms with van der Waals surface area (Å²) in [5.74, 6) is -2.86. The van der Waals surface area contributed by atoms with Crippen LogP contribution in [0.25, 0.3) is 0 Å². The maximum atomic E-state index is 13.0. The number of carboxylic acids is 1. The van der Waals surface area contributed by atoms with Gasteiger partial charge in [-0.1, -0.05) is 13.8 Å². The highest BCUT2D eigenvalue weighted by Gasteiger charge is 2.38. The lowest BCUT2D eigenvalue weighted by atomic mass is 10.0. The molecule has 1 rings (SSSR count). The number of carbonyl (C=O) groups is 4. The second kappa shape index (κ2) is 11.4. The Hall–Kier alpha value is -1.85. The van der Waals surface area contributed by atoms with Crippen LogP contribution in [-0.2, 0) is 19.2 Å². The summed E-state index contributed by atoms with van der Waals surface area (Å²) in [7, 11) is 0. The van der Waals surface area contributed by atoms with Crippen molar-refractivity contribution in [3.05, 3.63) is 0 Å². The first-order chi connectivity index (χ1) is 13.5. The number of aliphatic carboxylic acids is 1. The Labute approximate surface area is 176 Å². The number of carbonyl (C=O) groups excluding carboxylic acids is 3. The molecule has 1 saturated heterocycles. The fourth-order valence-corrected chi connectivity index (χ4v) is 3.39. The number of likely N-dealkylation sites (tertiary alicyclic amines) is 1. The number of amides is 3. The lowest BCUT2D eigenvalue weighted by Gasteiger charge is -2.29. The van der Waals surface area contributed by atoms with Crippen LogP contribution in [-0.4, -0.2) is 81.4 Å². The van der Waals surface area contributed by atoms with Crippen LogP contribution >= 0.6 is 12.6 Å². The molecule has 11 heteroatoms. The Morgan fingerprint density at radius 1 is 1.14 bits per heavy atom. The van der Waals surface area contributed by atoms with Gasteiger partial charge in [0.1, 0.15) is 24.2 Å². The van der Waals surface area contributed by atoms with Crippen molar-refractivity contribution in [3.63, 3.8) is 0 Å². The number of nitrogens with two attached hydrogens (primary N) is 1. The predicted octanol–water partition coefficient (Wildman–Crippen LogP) is -1.28. The van der Waals surface area contributed by atoms with Crippen molar-refractivity contribution in [3.8, 4) is 0 Å². The molecule has 0 aromatic carbocycles. The second-order valence-corrected chi connectivity index (χ2v) is 8.09. The molecule has 0 bridgehead atoms. The van der Waals surface area contributed by atoms with Crippen LogP contribution in [0.1, 0.15) is 40.0 Å². The third-order valence-electron chi connectivity index (χ3n) is 4.78. The molecule has 0 aliphatic carbocycles. The van der Waals surface area contributed by atoms with Gasteiger partial charge in [0.15, 0.2) is 0 Å². The van der Waals surface area contributed by atoms with E-state index >= 15 is 0 Å². The number of hydrogen-bond acceptors (Lipinski definition) is 7. The first kappa shape index (κ1) is 25.2. The largest absolute Gasteiger partial charge is 0.480 e. The SMILES string of the molecule is CC(C)CC(NC(=O)C(CS)NC(=O)C(N)C(C)O)C(=O)N1CCCC1C(=O)O. The molecule has 0 radical (unpaired) electrons. The lowest BCUT2D eigenvalue weighted by Crippen LogP contribution is -2.58. The normalized spacial score (nSPS) is 20.7. The van der Waals surface area contributed by atoms with Crippen molar-refractivity contribution in [2.75, 3.05) is 12.3 Å². The molecule has 5 atom stereocenters. The monoisotopic (exact) mass is 432 g/mol. The highest BCUT2D eigenvalue weighted by Crippen LogP contribution is 2.20. The van der Waals surface area contributed by atoms with E-state index in [1.54, 1.807) is 0 Å². The molecule has 0 saturated carbocycles. The van der Waals surface area contributed by atoms with Crippen LogP contribution in [0, 0.1) is 5.92 Å². The molecule has 0 aromatic rings. The number of aliphatic hydroxyl groups is 1. The summed E-state index contributed by atoms with van der Waals surface area (Å²) in [6.07, 6.45) is 0.165. The maximum absolute atomic E-state index is 13.0. The first-order valence-electron chi connectivity index (χ1n) is 9.68. The summed E-state index contributed by atoms with van der Waals surface area (Å²) >= 11 is 4.07. The zero-order valence-electron chi connectivity index (χ0n) is 17.0. The van der Waals surface area contributed by atoms with E-state index in [0.717, 1.165) is 0 Å². The van der Waals surface area contributed by atoms with Crippen LogP contribution in [0.5, 0.6) is 0 Å². The van der Waals surface area contributed by atoms with Gasteiger partial charge in [-0.05, 0) is 32.1 Å². The minimum absolute atomic E-state index is 0.0475. The molecule has 1 aliphatic rings. The third kappa shape index (κ3) is 7.16. The minimum atomic E-state index is -1.21. The van der Waals surface area contributed by atoms with Crippen LogP contribution in [0.3, 0.4) is 0 Å². The number of thiol groups is 1. The summed E-state index contributed by atoms with van der Waals surface area (Å²) in [6, 6.07) is -4.10. The van der Waals surface area contributed by atoms with Crippen molar-refractivity contribution in [2.24, 2.45) is 11.7 Å². The zero-order chi connectivity index (χ0) is 22.3. The van der Waals surface area contributed by atoms with E-state index in [1.807, 2.05) is 13.8 Å². The molecule has 6 N–H and O–H groups in total. The van der Waals surface area contributed by atoms with Crippen LogP contribution < -0.4 is 16.4 Å².